The van der Waals surface area contributed by atoms with E-state index in [2.05, 4.69) is 24.4 Å². The van der Waals surface area contributed by atoms with E-state index in [0.29, 0.717) is 12.1 Å². The van der Waals surface area contributed by atoms with Crippen molar-refractivity contribution in [3.8, 4) is 0 Å². The van der Waals surface area contributed by atoms with Crippen LogP contribution in [0.1, 0.15) is 45.4 Å². The number of nitrogens with two attached hydrogens (primary N) is 1. The van der Waals surface area contributed by atoms with Gasteiger partial charge < -0.3 is 11.1 Å². The zero-order valence-electron chi connectivity index (χ0n) is 9.34. The summed E-state index contributed by atoms with van der Waals surface area (Å²) in [5, 5.41) is 3.64. The number of hydrogen-bond donors (Lipinski definition) is 2. The molecular formula is C12H24N2. The van der Waals surface area contributed by atoms with Crippen LogP contribution < -0.4 is 11.1 Å². The molecule has 0 fully saturated rings. The molecule has 0 amide bonds. The molecule has 0 radical (unpaired) electrons. The Hall–Kier alpha value is -0.340. The number of unbranched alkanes of at least 4 members (excludes halogenated alkanes) is 2. The van der Waals surface area contributed by atoms with Gasteiger partial charge in [-0.1, -0.05) is 38.3 Å². The van der Waals surface area contributed by atoms with Crippen molar-refractivity contribution in [2.45, 2.75) is 57.5 Å². The minimum Gasteiger partial charge on any atom is -0.329 e. The molecule has 1 unspecified atom stereocenters. The summed E-state index contributed by atoms with van der Waals surface area (Å²) in [6.45, 7) is 3.02. The third-order valence-corrected chi connectivity index (χ3v) is 2.92. The molecule has 3 N–H and O–H groups in total. The van der Waals surface area contributed by atoms with E-state index in [9.17, 15) is 0 Å². The Balaban J connectivity index is 2.10. The maximum atomic E-state index is 5.75. The van der Waals surface area contributed by atoms with Crippen molar-refractivity contribution in [1.29, 1.82) is 0 Å². The molecule has 0 aromatic carbocycles. The maximum Gasteiger partial charge on any atom is 0.0193 e. The van der Waals surface area contributed by atoms with Crippen molar-refractivity contribution in [2.24, 2.45) is 5.73 Å². The van der Waals surface area contributed by atoms with E-state index in [1.165, 1.54) is 38.5 Å². The van der Waals surface area contributed by atoms with E-state index in [1.54, 1.807) is 0 Å². The summed E-state index contributed by atoms with van der Waals surface area (Å²) < 4.78 is 0. The molecule has 0 aromatic heterocycles. The molecule has 1 atom stereocenters. The molecule has 0 spiro atoms. The van der Waals surface area contributed by atoms with Gasteiger partial charge in [0.1, 0.15) is 0 Å². The molecule has 2 nitrogen and oxygen atoms in total. The van der Waals surface area contributed by atoms with Gasteiger partial charge in [-0.05, 0) is 19.3 Å². The molecule has 1 rings (SSSR count). The Kier molecular flexibility index (Phi) is 5.88. The third-order valence-electron chi connectivity index (χ3n) is 2.92. The van der Waals surface area contributed by atoms with Gasteiger partial charge in [0.05, 0.1) is 0 Å². The fourth-order valence-corrected chi connectivity index (χ4v) is 2.00. The standard InChI is InChI=1S/C12H24N2/c1-2-3-4-9-12(10-13)14-11-7-5-6-8-11/h5-6,11-12,14H,2-4,7-10,13H2,1H3. The summed E-state index contributed by atoms with van der Waals surface area (Å²) >= 11 is 0. The Morgan fingerprint density at radius 1 is 1.36 bits per heavy atom. The van der Waals surface area contributed by atoms with Crippen molar-refractivity contribution in [2.75, 3.05) is 6.54 Å². The van der Waals surface area contributed by atoms with E-state index in [-0.39, 0.29) is 0 Å². The molecule has 0 aliphatic heterocycles. The first kappa shape index (κ1) is 11.7. The second-order valence-electron chi connectivity index (χ2n) is 4.23. The highest BCUT2D eigenvalue weighted by atomic mass is 15.0. The summed E-state index contributed by atoms with van der Waals surface area (Å²) in [6.07, 6.45) is 12.1. The normalized spacial score (nSPS) is 19.0. The zero-order valence-corrected chi connectivity index (χ0v) is 9.34. The smallest absolute Gasteiger partial charge is 0.0193 e. The van der Waals surface area contributed by atoms with E-state index < -0.39 is 0 Å². The van der Waals surface area contributed by atoms with Crippen LogP contribution in [0.4, 0.5) is 0 Å². The van der Waals surface area contributed by atoms with Crippen LogP contribution in [0.5, 0.6) is 0 Å². The predicted octanol–water partition coefficient (Wildman–Crippen LogP) is 2.20. The third kappa shape index (κ3) is 4.25. The van der Waals surface area contributed by atoms with Gasteiger partial charge >= 0.3 is 0 Å². The van der Waals surface area contributed by atoms with Gasteiger partial charge in [-0.25, -0.2) is 0 Å². The Morgan fingerprint density at radius 2 is 2.07 bits per heavy atom. The Morgan fingerprint density at radius 3 is 2.64 bits per heavy atom. The average molecular weight is 196 g/mol. The number of nitrogens with one attached hydrogen (secondary N) is 1. The van der Waals surface area contributed by atoms with Crippen LogP contribution in [0.15, 0.2) is 12.2 Å². The van der Waals surface area contributed by atoms with E-state index in [1.807, 2.05) is 0 Å². The first-order chi connectivity index (χ1) is 6.86. The SMILES string of the molecule is CCCCCC(CN)NC1CC=CC1. The summed E-state index contributed by atoms with van der Waals surface area (Å²) in [4.78, 5) is 0. The summed E-state index contributed by atoms with van der Waals surface area (Å²) in [5.74, 6) is 0. The predicted molar refractivity (Wildman–Crippen MR) is 62.3 cm³/mol. The summed E-state index contributed by atoms with van der Waals surface area (Å²) in [7, 11) is 0. The van der Waals surface area contributed by atoms with Crippen LogP contribution in [-0.2, 0) is 0 Å². The molecule has 14 heavy (non-hydrogen) atoms. The largest absolute Gasteiger partial charge is 0.329 e. The highest BCUT2D eigenvalue weighted by molar-refractivity contribution is 4.98. The monoisotopic (exact) mass is 196 g/mol. The van der Waals surface area contributed by atoms with Gasteiger partial charge in [0, 0.05) is 18.6 Å². The summed E-state index contributed by atoms with van der Waals surface area (Å²) in [5.41, 5.74) is 5.75. The number of rotatable bonds is 7. The van der Waals surface area contributed by atoms with Crippen LogP contribution in [0.25, 0.3) is 0 Å². The molecule has 0 heterocycles. The Labute approximate surface area is 87.9 Å². The highest BCUT2D eigenvalue weighted by Gasteiger charge is 2.14. The highest BCUT2D eigenvalue weighted by Crippen LogP contribution is 2.11. The van der Waals surface area contributed by atoms with Crippen LogP contribution in [0.2, 0.25) is 0 Å². The fraction of sp³-hybridized carbons (Fsp3) is 0.833. The lowest BCUT2D eigenvalue weighted by atomic mass is 10.1. The van der Waals surface area contributed by atoms with Crippen molar-refractivity contribution < 1.29 is 0 Å². The molecule has 0 saturated carbocycles. The van der Waals surface area contributed by atoms with Gasteiger partial charge in [-0.15, -0.1) is 0 Å². The molecule has 1 aliphatic rings. The van der Waals surface area contributed by atoms with E-state index in [4.69, 9.17) is 5.73 Å². The van der Waals surface area contributed by atoms with Crippen LogP contribution >= 0.6 is 0 Å². The zero-order chi connectivity index (χ0) is 10.2. The minimum atomic E-state index is 0.534. The lowest BCUT2D eigenvalue weighted by Crippen LogP contribution is -2.41. The van der Waals surface area contributed by atoms with Crippen molar-refractivity contribution in [3.05, 3.63) is 12.2 Å². The molecule has 0 aromatic rings. The van der Waals surface area contributed by atoms with Crippen LogP contribution in [0, 0.1) is 0 Å². The van der Waals surface area contributed by atoms with Gasteiger partial charge in [0.2, 0.25) is 0 Å². The van der Waals surface area contributed by atoms with Gasteiger partial charge in [0.25, 0.3) is 0 Å². The van der Waals surface area contributed by atoms with Gasteiger partial charge in [-0.2, -0.15) is 0 Å². The van der Waals surface area contributed by atoms with Crippen LogP contribution in [0.3, 0.4) is 0 Å². The van der Waals surface area contributed by atoms with Crippen molar-refractivity contribution in [1.82, 2.24) is 5.32 Å². The van der Waals surface area contributed by atoms with Gasteiger partial charge in [0.15, 0.2) is 0 Å². The van der Waals surface area contributed by atoms with Gasteiger partial charge in [-0.3, -0.25) is 0 Å². The maximum absolute atomic E-state index is 5.75. The molecule has 0 saturated heterocycles. The van der Waals surface area contributed by atoms with Crippen molar-refractivity contribution >= 4 is 0 Å². The molecule has 2 heteroatoms. The molecule has 0 bridgehead atoms. The van der Waals surface area contributed by atoms with E-state index in [0.717, 1.165) is 6.54 Å². The second kappa shape index (κ2) is 7.02. The lowest BCUT2D eigenvalue weighted by Gasteiger charge is -2.21. The summed E-state index contributed by atoms with van der Waals surface area (Å²) in [6, 6.07) is 1.19. The number of hydrogen-bond acceptors (Lipinski definition) is 2. The molecule has 1 aliphatic carbocycles. The quantitative estimate of drug-likeness (QED) is 0.484. The lowest BCUT2D eigenvalue weighted by molar-refractivity contribution is 0.409. The molecular weight excluding hydrogens is 172 g/mol. The first-order valence-corrected chi connectivity index (χ1v) is 5.98. The first-order valence-electron chi connectivity index (χ1n) is 5.98. The molecule has 82 valence electrons. The van der Waals surface area contributed by atoms with E-state index >= 15 is 0 Å². The topological polar surface area (TPSA) is 38.0 Å². The Bertz CT molecular complexity index is 158. The minimum absolute atomic E-state index is 0.534. The van der Waals surface area contributed by atoms with Crippen LogP contribution in [-0.4, -0.2) is 18.6 Å². The average Bonchev–Trinajstić information content (AvgIpc) is 2.69. The van der Waals surface area contributed by atoms with Crippen molar-refractivity contribution in [3.63, 3.8) is 0 Å². The second-order valence-corrected chi connectivity index (χ2v) is 4.23. The fourth-order valence-electron chi connectivity index (χ4n) is 2.00.